The zero-order chi connectivity index (χ0) is 21.3. The number of thioether (sulfide) groups is 1. The third-order valence-electron chi connectivity index (χ3n) is 4.90. The number of methoxy groups -OCH3 is 1. The van der Waals surface area contributed by atoms with Gasteiger partial charge < -0.3 is 10.1 Å². The summed E-state index contributed by atoms with van der Waals surface area (Å²) in [5, 5.41) is 12.8. The number of hydrogen-bond acceptors (Lipinski definition) is 5. The zero-order valence-electron chi connectivity index (χ0n) is 16.8. The van der Waals surface area contributed by atoms with Crippen LogP contribution in [0.5, 0.6) is 5.75 Å². The number of benzene rings is 2. The number of nitrogens with one attached hydrogen (secondary N) is 1. The summed E-state index contributed by atoms with van der Waals surface area (Å²) in [6, 6.07) is 13.6. The van der Waals surface area contributed by atoms with Gasteiger partial charge in [0.15, 0.2) is 10.8 Å². The van der Waals surface area contributed by atoms with E-state index in [4.69, 9.17) is 4.74 Å². The van der Waals surface area contributed by atoms with Crippen LogP contribution < -0.4 is 10.1 Å². The van der Waals surface area contributed by atoms with Crippen LogP contribution in [0.25, 0.3) is 16.6 Å². The van der Waals surface area contributed by atoms with Crippen molar-refractivity contribution in [1.82, 2.24) is 14.6 Å². The number of halogens is 1. The lowest BCUT2D eigenvalue weighted by Gasteiger charge is -2.15. The van der Waals surface area contributed by atoms with Crippen molar-refractivity contribution in [2.45, 2.75) is 30.7 Å². The van der Waals surface area contributed by atoms with Gasteiger partial charge in [-0.3, -0.25) is 9.20 Å². The summed E-state index contributed by atoms with van der Waals surface area (Å²) in [6.07, 6.45) is 0.597. The van der Waals surface area contributed by atoms with E-state index in [-0.39, 0.29) is 17.0 Å². The Morgan fingerprint density at radius 1 is 1.20 bits per heavy atom. The molecule has 0 saturated carbocycles. The molecule has 0 aliphatic rings. The fourth-order valence-electron chi connectivity index (χ4n) is 3.31. The molecule has 154 valence electrons. The number of ether oxygens (including phenoxy) is 1. The number of amides is 1. The Labute approximate surface area is 177 Å². The van der Waals surface area contributed by atoms with Gasteiger partial charge >= 0.3 is 0 Å². The van der Waals surface area contributed by atoms with Gasteiger partial charge in [0.1, 0.15) is 11.6 Å². The van der Waals surface area contributed by atoms with Crippen LogP contribution in [0, 0.1) is 12.7 Å². The molecular formula is C22H21FN4O2S. The molecule has 30 heavy (non-hydrogen) atoms. The van der Waals surface area contributed by atoms with Gasteiger partial charge in [-0.05, 0) is 61.4 Å². The van der Waals surface area contributed by atoms with E-state index in [1.807, 2.05) is 42.5 Å². The van der Waals surface area contributed by atoms with E-state index in [1.54, 1.807) is 19.2 Å². The standard InChI is InChI=1S/C22H21FN4O2S/c1-4-19(21(28)24-15-7-5-14(23)6-8-15)30-22-26-25-20-11-13(2)17-10-9-16(29-3)12-18(17)27(20)22/h5-12,19H,4H2,1-3H3,(H,24,28). The minimum Gasteiger partial charge on any atom is -0.497 e. The van der Waals surface area contributed by atoms with Crippen LogP contribution in [0.2, 0.25) is 0 Å². The lowest BCUT2D eigenvalue weighted by atomic mass is 10.1. The number of carbonyl (C=O) groups excluding carboxylic acids is 1. The number of aryl methyl sites for hydroxylation is 1. The smallest absolute Gasteiger partial charge is 0.237 e. The lowest BCUT2D eigenvalue weighted by molar-refractivity contribution is -0.115. The first kappa shape index (κ1) is 20.2. The molecule has 0 aliphatic heterocycles. The van der Waals surface area contributed by atoms with E-state index >= 15 is 0 Å². The first-order valence-corrected chi connectivity index (χ1v) is 10.4. The highest BCUT2D eigenvalue weighted by Crippen LogP contribution is 2.31. The Morgan fingerprint density at radius 3 is 2.67 bits per heavy atom. The van der Waals surface area contributed by atoms with Crippen molar-refractivity contribution in [3.05, 3.63) is 59.9 Å². The normalized spacial score (nSPS) is 12.3. The van der Waals surface area contributed by atoms with Gasteiger partial charge in [0.25, 0.3) is 0 Å². The van der Waals surface area contributed by atoms with Crippen molar-refractivity contribution >= 4 is 39.9 Å². The minimum atomic E-state index is -0.385. The van der Waals surface area contributed by atoms with Gasteiger partial charge in [-0.25, -0.2) is 4.39 Å². The molecule has 4 aromatic rings. The van der Waals surface area contributed by atoms with Gasteiger partial charge in [0.2, 0.25) is 5.91 Å². The average molecular weight is 425 g/mol. The van der Waals surface area contributed by atoms with Gasteiger partial charge in [0.05, 0.1) is 17.9 Å². The maximum absolute atomic E-state index is 13.1. The molecule has 4 rings (SSSR count). The second kappa shape index (κ2) is 8.31. The molecule has 0 aliphatic carbocycles. The zero-order valence-corrected chi connectivity index (χ0v) is 17.7. The number of pyridine rings is 1. The molecule has 1 unspecified atom stereocenters. The second-order valence-corrected chi connectivity index (χ2v) is 8.07. The number of carbonyl (C=O) groups is 1. The van der Waals surface area contributed by atoms with Crippen LogP contribution in [0.3, 0.4) is 0 Å². The first-order valence-electron chi connectivity index (χ1n) is 9.55. The number of fused-ring (bicyclic) bond motifs is 3. The van der Waals surface area contributed by atoms with E-state index in [0.717, 1.165) is 22.2 Å². The van der Waals surface area contributed by atoms with Gasteiger partial charge in [-0.15, -0.1) is 10.2 Å². The maximum atomic E-state index is 13.1. The Bertz CT molecular complexity index is 1220. The molecule has 0 fully saturated rings. The Kier molecular flexibility index (Phi) is 5.59. The molecule has 0 bridgehead atoms. The highest BCUT2D eigenvalue weighted by molar-refractivity contribution is 8.00. The van der Waals surface area contributed by atoms with Gasteiger partial charge in [0, 0.05) is 17.1 Å². The quantitative estimate of drug-likeness (QED) is 0.448. The van der Waals surface area contributed by atoms with Crippen LogP contribution in [0.15, 0.2) is 53.7 Å². The van der Waals surface area contributed by atoms with Crippen molar-refractivity contribution in [3.8, 4) is 5.75 Å². The largest absolute Gasteiger partial charge is 0.497 e. The van der Waals surface area contributed by atoms with E-state index in [2.05, 4.69) is 15.5 Å². The highest BCUT2D eigenvalue weighted by Gasteiger charge is 2.22. The Morgan fingerprint density at radius 2 is 1.97 bits per heavy atom. The molecule has 1 atom stereocenters. The summed E-state index contributed by atoms with van der Waals surface area (Å²) in [6.45, 7) is 3.97. The SMILES string of the molecule is CCC(Sc1nnc2cc(C)c3ccc(OC)cc3n12)C(=O)Nc1ccc(F)cc1. The summed E-state index contributed by atoms with van der Waals surface area (Å²) < 4.78 is 20.5. The molecule has 6 nitrogen and oxygen atoms in total. The predicted octanol–water partition coefficient (Wildman–Crippen LogP) is 4.85. The number of hydrogen-bond donors (Lipinski definition) is 1. The monoisotopic (exact) mass is 424 g/mol. The van der Waals surface area contributed by atoms with Crippen molar-refractivity contribution in [2.24, 2.45) is 0 Å². The van der Waals surface area contributed by atoms with Crippen LogP contribution >= 0.6 is 11.8 Å². The fraction of sp³-hybridized carbons (Fsp3) is 0.227. The Balaban J connectivity index is 1.68. The van der Waals surface area contributed by atoms with E-state index in [9.17, 15) is 9.18 Å². The average Bonchev–Trinajstić information content (AvgIpc) is 3.15. The molecule has 2 heterocycles. The summed E-state index contributed by atoms with van der Waals surface area (Å²) in [7, 11) is 1.63. The Hall–Kier alpha value is -3.13. The third kappa shape index (κ3) is 3.82. The fourth-order valence-corrected chi connectivity index (χ4v) is 4.28. The molecular weight excluding hydrogens is 403 g/mol. The van der Waals surface area contributed by atoms with Crippen molar-refractivity contribution in [2.75, 3.05) is 12.4 Å². The van der Waals surface area contributed by atoms with Crippen LogP contribution in [0.1, 0.15) is 18.9 Å². The maximum Gasteiger partial charge on any atom is 0.237 e. The lowest BCUT2D eigenvalue weighted by Crippen LogP contribution is -2.24. The molecule has 0 saturated heterocycles. The topological polar surface area (TPSA) is 68.5 Å². The summed E-state index contributed by atoms with van der Waals surface area (Å²) >= 11 is 1.35. The minimum absolute atomic E-state index is 0.167. The van der Waals surface area contributed by atoms with Gasteiger partial charge in [-0.1, -0.05) is 18.7 Å². The van der Waals surface area contributed by atoms with E-state index in [0.29, 0.717) is 22.9 Å². The number of aromatic nitrogens is 3. The van der Waals surface area contributed by atoms with E-state index < -0.39 is 0 Å². The summed E-state index contributed by atoms with van der Waals surface area (Å²) in [4.78, 5) is 12.8. The number of anilines is 1. The third-order valence-corrected chi connectivity index (χ3v) is 6.20. The van der Waals surface area contributed by atoms with E-state index in [1.165, 1.54) is 23.9 Å². The summed E-state index contributed by atoms with van der Waals surface area (Å²) in [5.41, 5.74) is 3.28. The number of nitrogens with zero attached hydrogens (tertiary/aromatic N) is 3. The molecule has 1 N–H and O–H groups in total. The number of rotatable bonds is 6. The first-order chi connectivity index (χ1) is 14.5. The molecule has 2 aromatic heterocycles. The van der Waals surface area contributed by atoms with Crippen molar-refractivity contribution in [1.29, 1.82) is 0 Å². The van der Waals surface area contributed by atoms with Crippen molar-refractivity contribution in [3.63, 3.8) is 0 Å². The van der Waals surface area contributed by atoms with Crippen LogP contribution in [0.4, 0.5) is 10.1 Å². The van der Waals surface area contributed by atoms with Crippen LogP contribution in [-0.2, 0) is 4.79 Å². The molecule has 1 amide bonds. The molecule has 2 aromatic carbocycles. The molecule has 0 radical (unpaired) electrons. The molecule has 8 heteroatoms. The highest BCUT2D eigenvalue weighted by atomic mass is 32.2. The second-order valence-electron chi connectivity index (χ2n) is 6.90. The predicted molar refractivity (Wildman–Crippen MR) is 117 cm³/mol. The summed E-state index contributed by atoms with van der Waals surface area (Å²) in [5.74, 6) is 0.224. The molecule has 0 spiro atoms. The van der Waals surface area contributed by atoms with Gasteiger partial charge in [-0.2, -0.15) is 0 Å². The van der Waals surface area contributed by atoms with Crippen molar-refractivity contribution < 1.29 is 13.9 Å². The van der Waals surface area contributed by atoms with Crippen LogP contribution in [-0.4, -0.2) is 32.9 Å².